The Morgan fingerprint density at radius 3 is 2.25 bits per heavy atom. The summed E-state index contributed by atoms with van der Waals surface area (Å²) < 4.78 is 0. The number of amides is 1. The molecule has 0 aromatic heterocycles. The third kappa shape index (κ3) is 4.44. The molecule has 3 atom stereocenters. The van der Waals surface area contributed by atoms with Crippen LogP contribution in [-0.4, -0.2) is 38.8 Å². The Balaban J connectivity index is 1.71. The summed E-state index contributed by atoms with van der Waals surface area (Å²) in [5, 5.41) is 9.51. The summed E-state index contributed by atoms with van der Waals surface area (Å²) in [6.07, 6.45) is 1.05. The van der Waals surface area contributed by atoms with Crippen molar-refractivity contribution in [1.82, 2.24) is 4.90 Å². The van der Waals surface area contributed by atoms with Gasteiger partial charge < -0.3 is 10.0 Å². The number of carboxylic acids is 1. The molecule has 0 radical (unpaired) electrons. The first kappa shape index (κ1) is 20.1. The first-order chi connectivity index (χ1) is 13.5. The first-order valence-electron chi connectivity index (χ1n) is 9.31. The van der Waals surface area contributed by atoms with Gasteiger partial charge in [-0.3, -0.25) is 9.59 Å². The second kappa shape index (κ2) is 9.06. The maximum absolute atomic E-state index is 13.1. The molecule has 2 aromatic carbocycles. The number of carbonyl (C=O) groups is 3. The van der Waals surface area contributed by atoms with E-state index in [0.717, 1.165) is 17.3 Å². The number of hydrogen-bond acceptors (Lipinski definition) is 4. The molecular formula is C22H23NO4S. The molecule has 0 bridgehead atoms. The lowest BCUT2D eigenvalue weighted by molar-refractivity contribution is -0.151. The molecule has 146 valence electrons. The molecule has 1 N–H and O–H groups in total. The minimum absolute atomic E-state index is 0.0870. The molecule has 0 aliphatic carbocycles. The van der Waals surface area contributed by atoms with E-state index in [1.54, 1.807) is 31.2 Å². The number of nitrogens with zero attached hydrogens (tertiary/aromatic N) is 1. The fourth-order valence-corrected chi connectivity index (χ4v) is 4.39. The van der Waals surface area contributed by atoms with Crippen LogP contribution in [0.15, 0.2) is 60.7 Å². The molecule has 6 heteroatoms. The molecule has 5 nitrogen and oxygen atoms in total. The largest absolute Gasteiger partial charge is 0.480 e. The minimum atomic E-state index is -0.980. The van der Waals surface area contributed by atoms with E-state index in [4.69, 9.17) is 0 Å². The number of aliphatic carboxylic acids is 1. The molecule has 28 heavy (non-hydrogen) atoms. The van der Waals surface area contributed by atoms with Gasteiger partial charge in [-0.2, -0.15) is 0 Å². The molecule has 0 saturated carbocycles. The zero-order chi connectivity index (χ0) is 20.1. The monoisotopic (exact) mass is 397 g/mol. The fraction of sp³-hybridized carbons (Fsp3) is 0.318. The van der Waals surface area contributed by atoms with Crippen molar-refractivity contribution in [1.29, 1.82) is 0 Å². The van der Waals surface area contributed by atoms with E-state index in [9.17, 15) is 19.5 Å². The van der Waals surface area contributed by atoms with Crippen LogP contribution >= 0.6 is 11.8 Å². The zero-order valence-electron chi connectivity index (χ0n) is 15.7. The number of benzene rings is 2. The van der Waals surface area contributed by atoms with Crippen molar-refractivity contribution in [2.45, 2.75) is 31.8 Å². The average molecular weight is 397 g/mol. The highest BCUT2D eigenvalue weighted by Crippen LogP contribution is 2.37. The summed E-state index contributed by atoms with van der Waals surface area (Å²) in [6, 6.07) is 17.4. The number of carboxylic acid groups (broad SMARTS) is 1. The highest BCUT2D eigenvalue weighted by molar-refractivity contribution is 8.14. The molecule has 2 aromatic rings. The minimum Gasteiger partial charge on any atom is -0.480 e. The second-order valence-corrected chi connectivity index (χ2v) is 7.96. The van der Waals surface area contributed by atoms with Gasteiger partial charge in [-0.15, -0.1) is 0 Å². The fourth-order valence-electron chi connectivity index (χ4n) is 3.55. The van der Waals surface area contributed by atoms with Crippen LogP contribution in [0.2, 0.25) is 0 Å². The molecule has 1 fully saturated rings. The summed E-state index contributed by atoms with van der Waals surface area (Å²) in [4.78, 5) is 38.6. The molecule has 1 amide bonds. The van der Waals surface area contributed by atoms with E-state index in [1.165, 1.54) is 4.90 Å². The van der Waals surface area contributed by atoms with Crippen molar-refractivity contribution in [2.75, 3.05) is 5.75 Å². The number of thioether (sulfide) groups is 1. The van der Waals surface area contributed by atoms with Crippen molar-refractivity contribution < 1.29 is 19.5 Å². The standard InChI is InChI=1S/C22H23NO4S/c1-15(14-28-22(27)17-10-6-3-7-11-17)20(24)23-18(12-13-19(23)21(25)26)16-8-4-2-5-9-16/h2-11,15,18-19H,12-14H2,1H3,(H,25,26)/t15?,18?,19-/m0/s1. The molecule has 1 saturated heterocycles. The summed E-state index contributed by atoms with van der Waals surface area (Å²) in [5.41, 5.74) is 1.54. The molecular weight excluding hydrogens is 374 g/mol. The molecule has 2 unspecified atom stereocenters. The molecule has 1 aliphatic rings. The van der Waals surface area contributed by atoms with Crippen LogP contribution in [0.4, 0.5) is 0 Å². The maximum atomic E-state index is 13.1. The SMILES string of the molecule is CC(CSC(=O)c1ccccc1)C(=O)N1C(c2ccccc2)CC[C@H]1C(=O)O. The van der Waals surface area contributed by atoms with Crippen LogP contribution in [-0.2, 0) is 9.59 Å². The number of rotatable bonds is 6. The van der Waals surface area contributed by atoms with E-state index < -0.39 is 17.9 Å². The Kier molecular flexibility index (Phi) is 6.52. The third-order valence-electron chi connectivity index (χ3n) is 5.00. The number of likely N-dealkylation sites (tertiary alicyclic amines) is 1. The highest BCUT2D eigenvalue weighted by Gasteiger charge is 2.42. The summed E-state index contributed by atoms with van der Waals surface area (Å²) in [7, 11) is 0. The van der Waals surface area contributed by atoms with Gasteiger partial charge in [0, 0.05) is 17.2 Å². The van der Waals surface area contributed by atoms with E-state index in [-0.39, 0.29) is 17.1 Å². The van der Waals surface area contributed by atoms with Crippen LogP contribution in [0, 0.1) is 5.92 Å². The zero-order valence-corrected chi connectivity index (χ0v) is 16.5. The number of carbonyl (C=O) groups excluding carboxylic acids is 2. The Bertz CT molecular complexity index is 840. The lowest BCUT2D eigenvalue weighted by Crippen LogP contribution is -2.44. The smallest absolute Gasteiger partial charge is 0.326 e. The summed E-state index contributed by atoms with van der Waals surface area (Å²) in [6.45, 7) is 1.76. The maximum Gasteiger partial charge on any atom is 0.326 e. The lowest BCUT2D eigenvalue weighted by Gasteiger charge is -2.31. The molecule has 1 aliphatic heterocycles. The van der Waals surface area contributed by atoms with Crippen LogP contribution in [0.3, 0.4) is 0 Å². The predicted molar refractivity (Wildman–Crippen MR) is 109 cm³/mol. The van der Waals surface area contributed by atoms with Gasteiger partial charge in [0.15, 0.2) is 0 Å². The van der Waals surface area contributed by atoms with Gasteiger partial charge in [-0.05, 0) is 18.4 Å². The van der Waals surface area contributed by atoms with Crippen molar-refractivity contribution in [3.05, 3.63) is 71.8 Å². The normalized spacial score (nSPS) is 20.0. The van der Waals surface area contributed by atoms with Crippen LogP contribution in [0.5, 0.6) is 0 Å². The van der Waals surface area contributed by atoms with Gasteiger partial charge in [0.2, 0.25) is 11.0 Å². The van der Waals surface area contributed by atoms with E-state index in [0.29, 0.717) is 24.2 Å². The van der Waals surface area contributed by atoms with Crippen molar-refractivity contribution in [2.24, 2.45) is 5.92 Å². The van der Waals surface area contributed by atoms with E-state index in [2.05, 4.69) is 0 Å². The van der Waals surface area contributed by atoms with Gasteiger partial charge in [0.25, 0.3) is 0 Å². The van der Waals surface area contributed by atoms with E-state index >= 15 is 0 Å². The van der Waals surface area contributed by atoms with Gasteiger partial charge in [0.1, 0.15) is 6.04 Å². The van der Waals surface area contributed by atoms with Gasteiger partial charge in [-0.1, -0.05) is 79.3 Å². The second-order valence-electron chi connectivity index (χ2n) is 6.97. The van der Waals surface area contributed by atoms with Gasteiger partial charge in [-0.25, -0.2) is 4.79 Å². The lowest BCUT2D eigenvalue weighted by atomic mass is 10.0. The van der Waals surface area contributed by atoms with Gasteiger partial charge >= 0.3 is 5.97 Å². The van der Waals surface area contributed by atoms with Crippen molar-refractivity contribution in [3.8, 4) is 0 Å². The average Bonchev–Trinajstić information content (AvgIpc) is 3.18. The Labute approximate surface area is 168 Å². The Morgan fingerprint density at radius 1 is 1.04 bits per heavy atom. The predicted octanol–water partition coefficient (Wildman–Crippen LogP) is 4.01. The molecule has 3 rings (SSSR count). The van der Waals surface area contributed by atoms with Crippen molar-refractivity contribution in [3.63, 3.8) is 0 Å². The number of hydrogen-bond donors (Lipinski definition) is 1. The first-order valence-corrected chi connectivity index (χ1v) is 10.3. The Hall–Kier alpha value is -2.60. The topological polar surface area (TPSA) is 74.7 Å². The summed E-state index contributed by atoms with van der Waals surface area (Å²) in [5.74, 6) is -1.33. The van der Waals surface area contributed by atoms with Crippen LogP contribution in [0.1, 0.15) is 41.7 Å². The quantitative estimate of drug-likeness (QED) is 0.797. The Morgan fingerprint density at radius 2 is 1.64 bits per heavy atom. The van der Waals surface area contributed by atoms with Gasteiger partial charge in [0.05, 0.1) is 6.04 Å². The molecule has 1 heterocycles. The van der Waals surface area contributed by atoms with Crippen LogP contribution < -0.4 is 0 Å². The highest BCUT2D eigenvalue weighted by atomic mass is 32.2. The van der Waals surface area contributed by atoms with E-state index in [1.807, 2.05) is 36.4 Å². The molecule has 0 spiro atoms. The third-order valence-corrected chi connectivity index (χ3v) is 6.17. The van der Waals surface area contributed by atoms with Crippen molar-refractivity contribution >= 4 is 28.8 Å². The summed E-state index contributed by atoms with van der Waals surface area (Å²) >= 11 is 1.10. The van der Waals surface area contributed by atoms with Crippen LogP contribution in [0.25, 0.3) is 0 Å².